The largest absolute Gasteiger partial charge is 0.573 e. The number of hydrogen-bond donors (Lipinski definition) is 1. The van der Waals surface area contributed by atoms with E-state index in [-0.39, 0.29) is 5.75 Å². The van der Waals surface area contributed by atoms with Crippen LogP contribution in [0.4, 0.5) is 23.7 Å². The van der Waals surface area contributed by atoms with Crippen molar-refractivity contribution >= 4 is 34.4 Å². The summed E-state index contributed by atoms with van der Waals surface area (Å²) < 4.78 is 45.4. The Labute approximate surface area is 127 Å². The third kappa shape index (κ3) is 6.31. The molecule has 1 aromatic carbocycles. The molecule has 0 spiro atoms. The molecule has 4 nitrogen and oxygen atoms in total. The van der Waals surface area contributed by atoms with Crippen LogP contribution in [0, 0.1) is 3.57 Å². The highest BCUT2D eigenvalue weighted by Crippen LogP contribution is 2.28. The molecule has 0 saturated carbocycles. The Balaban J connectivity index is 2.76. The van der Waals surface area contributed by atoms with Gasteiger partial charge in [0.1, 0.15) is 11.4 Å². The Kier molecular flexibility index (Phi) is 5.11. The third-order valence-electron chi connectivity index (χ3n) is 1.81. The predicted octanol–water partition coefficient (Wildman–Crippen LogP) is 4.54. The van der Waals surface area contributed by atoms with Gasteiger partial charge >= 0.3 is 12.5 Å². The number of nitrogens with one attached hydrogen (secondary N) is 1. The first-order chi connectivity index (χ1) is 8.96. The summed E-state index contributed by atoms with van der Waals surface area (Å²) in [6.07, 6.45) is -5.43. The van der Waals surface area contributed by atoms with Gasteiger partial charge in [-0.25, -0.2) is 4.79 Å². The Bertz CT molecular complexity index is 498. The van der Waals surface area contributed by atoms with Gasteiger partial charge in [0.2, 0.25) is 0 Å². The van der Waals surface area contributed by atoms with Gasteiger partial charge < -0.3 is 9.47 Å². The molecular weight excluding hydrogens is 390 g/mol. The average Bonchev–Trinajstić information content (AvgIpc) is 2.17. The lowest BCUT2D eigenvalue weighted by Crippen LogP contribution is -2.27. The molecule has 0 unspecified atom stereocenters. The Morgan fingerprint density at radius 1 is 1.25 bits per heavy atom. The number of halogens is 4. The molecule has 0 heterocycles. The van der Waals surface area contributed by atoms with Crippen LogP contribution in [0.1, 0.15) is 20.8 Å². The zero-order valence-electron chi connectivity index (χ0n) is 11.0. The molecule has 20 heavy (non-hydrogen) atoms. The van der Waals surface area contributed by atoms with E-state index in [0.29, 0.717) is 9.26 Å². The number of alkyl halides is 3. The van der Waals surface area contributed by atoms with Gasteiger partial charge in [-0.15, -0.1) is 13.2 Å². The third-order valence-corrected chi connectivity index (χ3v) is 2.70. The molecule has 0 bridgehead atoms. The Morgan fingerprint density at radius 2 is 1.85 bits per heavy atom. The molecule has 1 rings (SSSR count). The van der Waals surface area contributed by atoms with E-state index < -0.39 is 18.1 Å². The van der Waals surface area contributed by atoms with E-state index in [1.165, 1.54) is 12.1 Å². The minimum Gasteiger partial charge on any atom is -0.444 e. The lowest BCUT2D eigenvalue weighted by atomic mass is 10.2. The molecule has 0 aromatic heterocycles. The second kappa shape index (κ2) is 6.06. The summed E-state index contributed by atoms with van der Waals surface area (Å²) in [5.74, 6) is -0.350. The number of carbonyl (C=O) groups excluding carboxylic acids is 1. The number of ether oxygens (including phenoxy) is 2. The van der Waals surface area contributed by atoms with Crippen LogP contribution in [-0.2, 0) is 4.74 Å². The fourth-order valence-corrected chi connectivity index (χ4v) is 1.83. The first-order valence-corrected chi connectivity index (χ1v) is 6.59. The van der Waals surface area contributed by atoms with Gasteiger partial charge in [0.25, 0.3) is 0 Å². The normalized spacial score (nSPS) is 11.9. The van der Waals surface area contributed by atoms with Crippen molar-refractivity contribution in [3.63, 3.8) is 0 Å². The van der Waals surface area contributed by atoms with Crippen LogP contribution in [0.15, 0.2) is 18.2 Å². The number of amides is 1. The second-order valence-corrected chi connectivity index (χ2v) is 5.98. The summed E-state index contributed by atoms with van der Waals surface area (Å²) in [5, 5.41) is 2.45. The first-order valence-electron chi connectivity index (χ1n) is 5.51. The van der Waals surface area contributed by atoms with E-state index in [1.54, 1.807) is 43.4 Å². The van der Waals surface area contributed by atoms with E-state index in [2.05, 4.69) is 10.1 Å². The SMILES string of the molecule is CC(C)(C)OC(=O)Nc1ccc(OC(F)(F)F)cc1I. The minimum atomic E-state index is -4.75. The van der Waals surface area contributed by atoms with E-state index >= 15 is 0 Å². The van der Waals surface area contributed by atoms with Crippen LogP contribution in [0.2, 0.25) is 0 Å². The fourth-order valence-electron chi connectivity index (χ4n) is 1.21. The second-order valence-electron chi connectivity index (χ2n) is 4.82. The van der Waals surface area contributed by atoms with Crippen molar-refractivity contribution < 1.29 is 27.4 Å². The summed E-state index contributed by atoms with van der Waals surface area (Å²) in [6.45, 7) is 5.12. The topological polar surface area (TPSA) is 47.6 Å². The van der Waals surface area contributed by atoms with Crippen molar-refractivity contribution in [2.45, 2.75) is 32.7 Å². The summed E-state index contributed by atoms with van der Waals surface area (Å²) in [5.41, 5.74) is -0.316. The number of rotatable bonds is 2. The average molecular weight is 403 g/mol. The highest BCUT2D eigenvalue weighted by molar-refractivity contribution is 14.1. The minimum absolute atomic E-state index is 0.342. The molecule has 0 atom stereocenters. The lowest BCUT2D eigenvalue weighted by molar-refractivity contribution is -0.274. The molecule has 1 aromatic rings. The van der Waals surface area contributed by atoms with Crippen LogP contribution >= 0.6 is 22.6 Å². The van der Waals surface area contributed by atoms with Gasteiger partial charge in [-0.1, -0.05) is 0 Å². The van der Waals surface area contributed by atoms with Crippen molar-refractivity contribution in [3.05, 3.63) is 21.8 Å². The standard InChI is InChI=1S/C12H13F3INO3/c1-11(2,3)20-10(18)17-9-5-4-7(6-8(9)16)19-12(13,14)15/h4-6H,1-3H3,(H,17,18). The molecule has 112 valence electrons. The van der Waals surface area contributed by atoms with Gasteiger partial charge in [0, 0.05) is 3.57 Å². The molecule has 0 fully saturated rings. The van der Waals surface area contributed by atoms with Gasteiger partial charge in [0.15, 0.2) is 0 Å². The van der Waals surface area contributed by atoms with Crippen LogP contribution in [-0.4, -0.2) is 18.1 Å². The molecule has 8 heteroatoms. The number of benzene rings is 1. The van der Waals surface area contributed by atoms with Gasteiger partial charge in [0.05, 0.1) is 5.69 Å². The molecule has 1 amide bonds. The van der Waals surface area contributed by atoms with Crippen molar-refractivity contribution in [2.24, 2.45) is 0 Å². The summed E-state index contributed by atoms with van der Waals surface area (Å²) in [6, 6.07) is 3.59. The predicted molar refractivity (Wildman–Crippen MR) is 75.7 cm³/mol. The van der Waals surface area contributed by atoms with Crippen molar-refractivity contribution in [1.29, 1.82) is 0 Å². The number of anilines is 1. The zero-order chi connectivity index (χ0) is 15.6. The maximum Gasteiger partial charge on any atom is 0.573 e. The fraction of sp³-hybridized carbons (Fsp3) is 0.417. The van der Waals surface area contributed by atoms with E-state index in [9.17, 15) is 18.0 Å². The first kappa shape index (κ1) is 16.9. The molecule has 0 aliphatic heterocycles. The summed E-state index contributed by atoms with van der Waals surface area (Å²) >= 11 is 1.79. The molecule has 1 N–H and O–H groups in total. The summed E-state index contributed by atoms with van der Waals surface area (Å²) in [7, 11) is 0. The highest BCUT2D eigenvalue weighted by Gasteiger charge is 2.31. The van der Waals surface area contributed by atoms with Crippen molar-refractivity contribution in [1.82, 2.24) is 0 Å². The Hall–Kier alpha value is -1.19. The van der Waals surface area contributed by atoms with Gasteiger partial charge in [-0.2, -0.15) is 0 Å². The van der Waals surface area contributed by atoms with E-state index in [1.807, 2.05) is 0 Å². The number of hydrogen-bond acceptors (Lipinski definition) is 3. The van der Waals surface area contributed by atoms with E-state index in [0.717, 1.165) is 6.07 Å². The molecule has 0 saturated heterocycles. The van der Waals surface area contributed by atoms with Gasteiger partial charge in [-0.3, -0.25) is 5.32 Å². The quantitative estimate of drug-likeness (QED) is 0.738. The lowest BCUT2D eigenvalue weighted by Gasteiger charge is -2.20. The molecule has 0 aliphatic carbocycles. The van der Waals surface area contributed by atoms with Crippen LogP contribution < -0.4 is 10.1 Å². The maximum atomic E-state index is 12.1. The van der Waals surface area contributed by atoms with Gasteiger partial charge in [-0.05, 0) is 61.6 Å². The van der Waals surface area contributed by atoms with Crippen LogP contribution in [0.25, 0.3) is 0 Å². The van der Waals surface area contributed by atoms with E-state index in [4.69, 9.17) is 4.74 Å². The highest BCUT2D eigenvalue weighted by atomic mass is 127. The molecular formula is C12H13F3INO3. The smallest absolute Gasteiger partial charge is 0.444 e. The molecule has 0 aliphatic rings. The summed E-state index contributed by atoms with van der Waals surface area (Å²) in [4.78, 5) is 11.5. The van der Waals surface area contributed by atoms with Crippen molar-refractivity contribution in [2.75, 3.05) is 5.32 Å². The van der Waals surface area contributed by atoms with Crippen LogP contribution in [0.3, 0.4) is 0 Å². The number of carbonyl (C=O) groups is 1. The van der Waals surface area contributed by atoms with Crippen molar-refractivity contribution in [3.8, 4) is 5.75 Å². The maximum absolute atomic E-state index is 12.1. The Morgan fingerprint density at radius 3 is 2.30 bits per heavy atom. The van der Waals surface area contributed by atoms with Crippen LogP contribution in [0.5, 0.6) is 5.75 Å². The zero-order valence-corrected chi connectivity index (χ0v) is 13.1. The molecule has 0 radical (unpaired) electrons. The monoisotopic (exact) mass is 403 g/mol.